The van der Waals surface area contributed by atoms with Crippen molar-refractivity contribution in [3.05, 3.63) is 34.1 Å². The van der Waals surface area contributed by atoms with Crippen LogP contribution < -0.4 is 5.73 Å². The van der Waals surface area contributed by atoms with E-state index < -0.39 is 0 Å². The van der Waals surface area contributed by atoms with Crippen LogP contribution in [0.25, 0.3) is 0 Å². The molecule has 0 spiro atoms. The first-order valence-electron chi connectivity index (χ1n) is 7.75. The molecular weight excluding hydrogens is 333 g/mol. The molecule has 0 bridgehead atoms. The van der Waals surface area contributed by atoms with E-state index in [1.54, 1.807) is 0 Å². The molecule has 1 aromatic rings. The second-order valence-electron chi connectivity index (χ2n) is 6.26. The van der Waals surface area contributed by atoms with E-state index in [1.165, 1.54) is 25.5 Å². The summed E-state index contributed by atoms with van der Waals surface area (Å²) in [7, 11) is 0. The van der Waals surface area contributed by atoms with Crippen LogP contribution in [0.4, 0.5) is 4.39 Å². The minimum atomic E-state index is -0.219. The molecular formula is C16H23BrFN3. The minimum Gasteiger partial charge on any atom is -0.329 e. The zero-order chi connectivity index (χ0) is 15.0. The van der Waals surface area contributed by atoms with Crippen molar-refractivity contribution < 1.29 is 4.39 Å². The number of fused-ring (bicyclic) bond motifs is 1. The third-order valence-electron chi connectivity index (χ3n) is 4.94. The zero-order valence-corrected chi connectivity index (χ0v) is 14.0. The summed E-state index contributed by atoms with van der Waals surface area (Å²) in [6.45, 7) is 6.25. The van der Waals surface area contributed by atoms with Crippen molar-refractivity contribution in [1.29, 1.82) is 0 Å². The molecule has 0 amide bonds. The maximum Gasteiger partial charge on any atom is 0.137 e. The number of benzene rings is 1. The normalized spacial score (nSPS) is 28.6. The molecule has 2 heterocycles. The summed E-state index contributed by atoms with van der Waals surface area (Å²) in [6.07, 6.45) is 2.59. The number of halogens is 2. The Labute approximate surface area is 134 Å². The number of piperazine rings is 1. The number of nitrogens with zero attached hydrogens (tertiary/aromatic N) is 2. The van der Waals surface area contributed by atoms with Gasteiger partial charge in [-0.3, -0.25) is 9.80 Å². The molecule has 3 atom stereocenters. The van der Waals surface area contributed by atoms with Crippen LogP contribution in [0.1, 0.15) is 31.4 Å². The molecule has 0 aliphatic carbocycles. The van der Waals surface area contributed by atoms with E-state index in [2.05, 4.69) is 32.7 Å². The van der Waals surface area contributed by atoms with Crippen LogP contribution in [0.2, 0.25) is 0 Å². The van der Waals surface area contributed by atoms with Crippen LogP contribution in [-0.2, 0) is 0 Å². The average Bonchev–Trinajstić information content (AvgIpc) is 2.90. The summed E-state index contributed by atoms with van der Waals surface area (Å²) in [5.74, 6) is -0.219. The Balaban J connectivity index is 1.83. The molecule has 2 aliphatic heterocycles. The zero-order valence-electron chi connectivity index (χ0n) is 12.4. The lowest BCUT2D eigenvalue weighted by atomic mass is 9.99. The van der Waals surface area contributed by atoms with Gasteiger partial charge in [0.2, 0.25) is 0 Å². The van der Waals surface area contributed by atoms with Crippen LogP contribution in [0.5, 0.6) is 0 Å². The Kier molecular flexibility index (Phi) is 4.64. The molecule has 0 aromatic heterocycles. The summed E-state index contributed by atoms with van der Waals surface area (Å²) in [6, 6.07) is 6.58. The highest BCUT2D eigenvalue weighted by Crippen LogP contribution is 2.32. The van der Waals surface area contributed by atoms with E-state index in [-0.39, 0.29) is 11.9 Å². The standard InChI is InChI=1S/C16H23BrFN3/c1-11-9-20-6-2-3-13(20)10-21(11)16(8-19)12-4-5-15(18)14(17)7-12/h4-5,7,11,13,16H,2-3,6,8-10,19H2,1H3. The molecule has 3 unspecified atom stereocenters. The predicted molar refractivity (Wildman–Crippen MR) is 86.7 cm³/mol. The molecule has 5 heteroatoms. The molecule has 3 nitrogen and oxygen atoms in total. The molecule has 116 valence electrons. The Bertz CT molecular complexity index is 510. The Morgan fingerprint density at radius 1 is 1.43 bits per heavy atom. The maximum atomic E-state index is 13.5. The van der Waals surface area contributed by atoms with Gasteiger partial charge in [0.1, 0.15) is 5.82 Å². The van der Waals surface area contributed by atoms with Gasteiger partial charge in [-0.2, -0.15) is 0 Å². The number of nitrogens with two attached hydrogens (primary N) is 1. The molecule has 2 aliphatic rings. The molecule has 2 saturated heterocycles. The van der Waals surface area contributed by atoms with Crippen molar-refractivity contribution >= 4 is 15.9 Å². The lowest BCUT2D eigenvalue weighted by Gasteiger charge is -2.46. The monoisotopic (exact) mass is 355 g/mol. The van der Waals surface area contributed by atoms with E-state index in [4.69, 9.17) is 5.73 Å². The van der Waals surface area contributed by atoms with Crippen molar-refractivity contribution in [3.63, 3.8) is 0 Å². The van der Waals surface area contributed by atoms with Gasteiger partial charge in [0, 0.05) is 37.8 Å². The third kappa shape index (κ3) is 3.02. The van der Waals surface area contributed by atoms with Gasteiger partial charge in [0.25, 0.3) is 0 Å². The summed E-state index contributed by atoms with van der Waals surface area (Å²) >= 11 is 3.29. The first-order chi connectivity index (χ1) is 10.1. The molecule has 3 rings (SSSR count). The summed E-state index contributed by atoms with van der Waals surface area (Å²) < 4.78 is 14.0. The van der Waals surface area contributed by atoms with Crippen LogP contribution in [0.3, 0.4) is 0 Å². The maximum absolute atomic E-state index is 13.5. The average molecular weight is 356 g/mol. The second kappa shape index (κ2) is 6.32. The second-order valence-corrected chi connectivity index (χ2v) is 7.12. The SMILES string of the molecule is CC1CN2CCCC2CN1C(CN)c1ccc(F)c(Br)c1. The fourth-order valence-electron chi connectivity index (χ4n) is 3.83. The topological polar surface area (TPSA) is 32.5 Å². The van der Waals surface area contributed by atoms with Crippen LogP contribution >= 0.6 is 15.9 Å². The predicted octanol–water partition coefficient (Wildman–Crippen LogP) is 2.76. The fraction of sp³-hybridized carbons (Fsp3) is 0.625. The molecule has 0 saturated carbocycles. The molecule has 0 radical (unpaired) electrons. The molecule has 21 heavy (non-hydrogen) atoms. The van der Waals surface area contributed by atoms with Crippen LogP contribution in [0.15, 0.2) is 22.7 Å². The summed E-state index contributed by atoms with van der Waals surface area (Å²) in [5, 5.41) is 0. The van der Waals surface area contributed by atoms with E-state index in [1.807, 2.05) is 12.1 Å². The van der Waals surface area contributed by atoms with E-state index >= 15 is 0 Å². The van der Waals surface area contributed by atoms with Crippen molar-refractivity contribution in [2.75, 3.05) is 26.2 Å². The van der Waals surface area contributed by atoms with Gasteiger partial charge >= 0.3 is 0 Å². The Morgan fingerprint density at radius 2 is 2.24 bits per heavy atom. The first kappa shape index (κ1) is 15.4. The van der Waals surface area contributed by atoms with Crippen LogP contribution in [-0.4, -0.2) is 48.1 Å². The Hall–Kier alpha value is -0.490. The van der Waals surface area contributed by atoms with Crippen molar-refractivity contribution in [2.45, 2.75) is 37.9 Å². The minimum absolute atomic E-state index is 0.166. The van der Waals surface area contributed by atoms with E-state index in [0.29, 0.717) is 23.1 Å². The van der Waals surface area contributed by atoms with Crippen LogP contribution in [0, 0.1) is 5.82 Å². The van der Waals surface area contributed by atoms with Gasteiger partial charge in [0.05, 0.1) is 4.47 Å². The van der Waals surface area contributed by atoms with Gasteiger partial charge in [-0.1, -0.05) is 6.07 Å². The highest BCUT2D eigenvalue weighted by molar-refractivity contribution is 9.10. The molecule has 1 aromatic carbocycles. The van der Waals surface area contributed by atoms with E-state index in [0.717, 1.165) is 18.7 Å². The quantitative estimate of drug-likeness (QED) is 0.904. The van der Waals surface area contributed by atoms with Crippen molar-refractivity contribution in [3.8, 4) is 0 Å². The largest absolute Gasteiger partial charge is 0.329 e. The molecule has 2 fully saturated rings. The molecule has 2 N–H and O–H groups in total. The Morgan fingerprint density at radius 3 is 2.95 bits per heavy atom. The van der Waals surface area contributed by atoms with Crippen molar-refractivity contribution in [1.82, 2.24) is 9.80 Å². The van der Waals surface area contributed by atoms with Gasteiger partial charge in [-0.25, -0.2) is 4.39 Å². The van der Waals surface area contributed by atoms with Gasteiger partial charge in [-0.05, 0) is 59.9 Å². The highest BCUT2D eigenvalue weighted by atomic mass is 79.9. The van der Waals surface area contributed by atoms with Gasteiger partial charge < -0.3 is 5.73 Å². The smallest absolute Gasteiger partial charge is 0.137 e. The van der Waals surface area contributed by atoms with E-state index in [9.17, 15) is 4.39 Å². The van der Waals surface area contributed by atoms with Crippen molar-refractivity contribution in [2.24, 2.45) is 5.73 Å². The lowest BCUT2D eigenvalue weighted by Crippen LogP contribution is -2.56. The third-order valence-corrected chi connectivity index (χ3v) is 5.55. The number of hydrogen-bond acceptors (Lipinski definition) is 3. The summed E-state index contributed by atoms with van der Waals surface area (Å²) in [4.78, 5) is 5.11. The number of hydrogen-bond donors (Lipinski definition) is 1. The highest BCUT2D eigenvalue weighted by Gasteiger charge is 2.37. The summed E-state index contributed by atoms with van der Waals surface area (Å²) in [5.41, 5.74) is 7.16. The lowest BCUT2D eigenvalue weighted by molar-refractivity contribution is 0.0296. The van der Waals surface area contributed by atoms with Gasteiger partial charge in [-0.15, -0.1) is 0 Å². The van der Waals surface area contributed by atoms with Gasteiger partial charge in [0.15, 0.2) is 0 Å². The fourth-order valence-corrected chi connectivity index (χ4v) is 4.22. The first-order valence-corrected chi connectivity index (χ1v) is 8.54. The number of rotatable bonds is 3.